The Hall–Kier alpha value is -1.68. The first-order valence-corrected chi connectivity index (χ1v) is 7.63. The van der Waals surface area contributed by atoms with Crippen LogP contribution in [-0.4, -0.2) is 30.8 Å². The Morgan fingerprint density at radius 1 is 1.29 bits per heavy atom. The van der Waals surface area contributed by atoms with Crippen LogP contribution in [0.1, 0.15) is 49.5 Å². The van der Waals surface area contributed by atoms with Crippen molar-refractivity contribution in [1.82, 2.24) is 5.32 Å². The molecule has 0 atom stereocenters. The highest BCUT2D eigenvalue weighted by atomic mass is 16.2. The van der Waals surface area contributed by atoms with Gasteiger partial charge in [0, 0.05) is 17.3 Å². The summed E-state index contributed by atoms with van der Waals surface area (Å²) in [6, 6.07) is 5.95. The molecule has 2 heterocycles. The Morgan fingerprint density at radius 2 is 1.95 bits per heavy atom. The highest BCUT2D eigenvalue weighted by Crippen LogP contribution is 2.44. The van der Waals surface area contributed by atoms with Crippen LogP contribution in [-0.2, 0) is 10.2 Å². The van der Waals surface area contributed by atoms with Crippen molar-refractivity contribution in [3.05, 3.63) is 29.3 Å². The molecular weight excluding hydrogens is 264 g/mol. The summed E-state index contributed by atoms with van der Waals surface area (Å²) in [6.45, 7) is 7.39. The summed E-state index contributed by atoms with van der Waals surface area (Å²) in [4.78, 5) is 26.5. The van der Waals surface area contributed by atoms with Gasteiger partial charge in [0.1, 0.15) is 0 Å². The number of nitrogens with one attached hydrogen (secondary N) is 1. The van der Waals surface area contributed by atoms with E-state index in [1.807, 2.05) is 36.9 Å². The van der Waals surface area contributed by atoms with Gasteiger partial charge in [0.15, 0.2) is 5.78 Å². The molecule has 1 aromatic rings. The maximum atomic E-state index is 12.9. The quantitative estimate of drug-likeness (QED) is 0.848. The van der Waals surface area contributed by atoms with E-state index in [1.54, 1.807) is 6.92 Å². The van der Waals surface area contributed by atoms with E-state index in [-0.39, 0.29) is 17.7 Å². The fourth-order valence-electron chi connectivity index (χ4n) is 3.42. The number of Topliss-reactive ketones (excluding diaryl/α,β-unsaturated/α-hetero) is 1. The van der Waals surface area contributed by atoms with Crippen molar-refractivity contribution >= 4 is 17.4 Å². The molecule has 4 heteroatoms. The number of ketones is 1. The summed E-state index contributed by atoms with van der Waals surface area (Å²) in [7, 11) is 0. The third kappa shape index (κ3) is 2.18. The number of benzene rings is 1. The van der Waals surface area contributed by atoms with Gasteiger partial charge in [-0.2, -0.15) is 0 Å². The number of fused-ring (bicyclic) bond motifs is 1. The first-order valence-electron chi connectivity index (χ1n) is 7.63. The zero-order chi connectivity index (χ0) is 15.2. The zero-order valence-corrected chi connectivity index (χ0v) is 12.9. The molecule has 0 spiro atoms. The van der Waals surface area contributed by atoms with Gasteiger partial charge in [-0.1, -0.05) is 0 Å². The molecular formula is C17H22N2O2. The van der Waals surface area contributed by atoms with Gasteiger partial charge in [0.25, 0.3) is 0 Å². The van der Waals surface area contributed by atoms with Crippen molar-refractivity contribution < 1.29 is 9.59 Å². The van der Waals surface area contributed by atoms with Crippen LogP contribution in [0.2, 0.25) is 0 Å². The maximum Gasteiger partial charge on any atom is 0.237 e. The van der Waals surface area contributed by atoms with Crippen LogP contribution in [0.4, 0.5) is 5.69 Å². The first-order chi connectivity index (χ1) is 9.93. The highest BCUT2D eigenvalue weighted by Gasteiger charge is 2.46. The number of carbonyl (C=O) groups excluding carboxylic acids is 2. The maximum absolute atomic E-state index is 12.9. The van der Waals surface area contributed by atoms with Gasteiger partial charge in [0.2, 0.25) is 5.91 Å². The van der Waals surface area contributed by atoms with Gasteiger partial charge >= 0.3 is 0 Å². The molecule has 1 saturated heterocycles. The van der Waals surface area contributed by atoms with Crippen LogP contribution in [0.25, 0.3) is 0 Å². The van der Waals surface area contributed by atoms with Gasteiger partial charge in [-0.05, 0) is 70.5 Å². The van der Waals surface area contributed by atoms with E-state index in [0.29, 0.717) is 5.56 Å². The van der Waals surface area contributed by atoms with Crippen molar-refractivity contribution in [2.45, 2.75) is 45.1 Å². The van der Waals surface area contributed by atoms with Gasteiger partial charge in [-0.3, -0.25) is 9.59 Å². The fourth-order valence-corrected chi connectivity index (χ4v) is 3.42. The predicted octanol–water partition coefficient (Wildman–Crippen LogP) is 2.27. The second-order valence-corrected chi connectivity index (χ2v) is 6.57. The third-order valence-electron chi connectivity index (χ3n) is 4.76. The summed E-state index contributed by atoms with van der Waals surface area (Å²) in [6.07, 6.45) is 1.96. The van der Waals surface area contributed by atoms with Crippen LogP contribution in [0.15, 0.2) is 18.2 Å². The zero-order valence-electron chi connectivity index (χ0n) is 12.9. The lowest BCUT2D eigenvalue weighted by molar-refractivity contribution is -0.122. The number of hydrogen-bond donors (Lipinski definition) is 1. The molecule has 0 saturated carbocycles. The second-order valence-electron chi connectivity index (χ2n) is 6.57. The topological polar surface area (TPSA) is 49.4 Å². The van der Waals surface area contributed by atoms with E-state index < -0.39 is 5.41 Å². The molecule has 112 valence electrons. The van der Waals surface area contributed by atoms with E-state index in [1.165, 1.54) is 0 Å². The van der Waals surface area contributed by atoms with Crippen molar-refractivity contribution in [2.75, 3.05) is 18.0 Å². The lowest BCUT2D eigenvalue weighted by Gasteiger charge is -2.33. The number of rotatable bonds is 2. The normalized spacial score (nSPS) is 21.5. The fraction of sp³-hybridized carbons (Fsp3) is 0.529. The molecule has 1 aromatic carbocycles. The average molecular weight is 286 g/mol. The van der Waals surface area contributed by atoms with Crippen LogP contribution in [0.3, 0.4) is 0 Å². The molecule has 2 aliphatic rings. The second kappa shape index (κ2) is 4.95. The first kappa shape index (κ1) is 14.3. The summed E-state index contributed by atoms with van der Waals surface area (Å²) >= 11 is 0. The van der Waals surface area contributed by atoms with Crippen LogP contribution < -0.4 is 10.2 Å². The number of carbonyl (C=O) groups is 2. The number of anilines is 1. The van der Waals surface area contributed by atoms with Gasteiger partial charge in [-0.25, -0.2) is 0 Å². The SMILES string of the molecule is CC(=O)c1ccc2c(c1)C(C)(C)C(=O)N2C1CCNCC1. The average Bonchev–Trinajstić information content (AvgIpc) is 2.67. The van der Waals surface area contributed by atoms with Crippen molar-refractivity contribution in [3.8, 4) is 0 Å². The van der Waals surface area contributed by atoms with Crippen LogP contribution in [0, 0.1) is 0 Å². The van der Waals surface area contributed by atoms with Crippen LogP contribution >= 0.6 is 0 Å². The van der Waals surface area contributed by atoms with Gasteiger partial charge in [0.05, 0.1) is 5.41 Å². The molecule has 0 unspecified atom stereocenters. The standard InChI is InChI=1S/C17H22N2O2/c1-11(20)12-4-5-15-14(10-12)17(2,3)16(21)19(15)13-6-8-18-9-7-13/h4-5,10,13,18H,6-9H2,1-3H3. The van der Waals surface area contributed by atoms with E-state index in [2.05, 4.69) is 5.32 Å². The lowest BCUT2D eigenvalue weighted by atomic mass is 9.85. The van der Waals surface area contributed by atoms with Gasteiger partial charge in [-0.15, -0.1) is 0 Å². The Balaban J connectivity index is 2.06. The summed E-state index contributed by atoms with van der Waals surface area (Å²) in [5.74, 6) is 0.200. The lowest BCUT2D eigenvalue weighted by Crippen LogP contribution is -2.47. The van der Waals surface area contributed by atoms with E-state index in [9.17, 15) is 9.59 Å². The predicted molar refractivity (Wildman–Crippen MR) is 82.9 cm³/mol. The Morgan fingerprint density at radius 3 is 2.57 bits per heavy atom. The summed E-state index contributed by atoms with van der Waals surface area (Å²) < 4.78 is 0. The van der Waals surface area contributed by atoms with Crippen molar-refractivity contribution in [3.63, 3.8) is 0 Å². The number of piperidine rings is 1. The largest absolute Gasteiger partial charge is 0.317 e. The number of amides is 1. The highest BCUT2D eigenvalue weighted by molar-refractivity contribution is 6.09. The van der Waals surface area contributed by atoms with Gasteiger partial charge < -0.3 is 10.2 Å². The van der Waals surface area contributed by atoms with E-state index >= 15 is 0 Å². The molecule has 0 bridgehead atoms. The number of hydrogen-bond acceptors (Lipinski definition) is 3. The minimum absolute atomic E-state index is 0.0429. The van der Waals surface area contributed by atoms with E-state index in [4.69, 9.17) is 0 Å². The van der Waals surface area contributed by atoms with Crippen molar-refractivity contribution in [1.29, 1.82) is 0 Å². The minimum atomic E-state index is -0.550. The molecule has 0 radical (unpaired) electrons. The van der Waals surface area contributed by atoms with Crippen LogP contribution in [0.5, 0.6) is 0 Å². The Bertz CT molecular complexity index is 601. The molecule has 2 aliphatic heterocycles. The molecule has 0 aromatic heterocycles. The monoisotopic (exact) mass is 286 g/mol. The third-order valence-corrected chi connectivity index (χ3v) is 4.76. The van der Waals surface area contributed by atoms with Crippen molar-refractivity contribution in [2.24, 2.45) is 0 Å². The molecule has 1 amide bonds. The molecule has 0 aliphatic carbocycles. The number of nitrogens with zero attached hydrogens (tertiary/aromatic N) is 1. The molecule has 1 N–H and O–H groups in total. The molecule has 21 heavy (non-hydrogen) atoms. The summed E-state index contributed by atoms with van der Waals surface area (Å²) in [5, 5.41) is 3.34. The summed E-state index contributed by atoms with van der Waals surface area (Å²) in [5.41, 5.74) is 2.11. The molecule has 4 nitrogen and oxygen atoms in total. The molecule has 1 fully saturated rings. The van der Waals surface area contributed by atoms with E-state index in [0.717, 1.165) is 37.2 Å². The Kier molecular flexibility index (Phi) is 3.36. The molecule has 3 rings (SSSR count). The minimum Gasteiger partial charge on any atom is -0.317 e. The Labute approximate surface area is 125 Å². The smallest absolute Gasteiger partial charge is 0.237 e.